The van der Waals surface area contributed by atoms with E-state index in [1.165, 1.54) is 18.9 Å². The van der Waals surface area contributed by atoms with Crippen molar-refractivity contribution >= 4 is 11.7 Å². The summed E-state index contributed by atoms with van der Waals surface area (Å²) in [5, 5.41) is 8.02. The number of nitrogens with zero attached hydrogens (tertiary/aromatic N) is 3. The van der Waals surface area contributed by atoms with Crippen molar-refractivity contribution in [1.29, 1.82) is 0 Å². The summed E-state index contributed by atoms with van der Waals surface area (Å²) in [5.74, 6) is 0.416. The third-order valence-electron chi connectivity index (χ3n) is 2.92. The summed E-state index contributed by atoms with van der Waals surface area (Å²) in [4.78, 5) is 16.7. The highest BCUT2D eigenvalue weighted by Gasteiger charge is 2.27. The largest absolute Gasteiger partial charge is 0.464 e. The minimum atomic E-state index is -0.636. The Morgan fingerprint density at radius 2 is 1.91 bits per heavy atom. The molecule has 0 saturated carbocycles. The fourth-order valence-corrected chi connectivity index (χ4v) is 1.99. The second-order valence-corrected chi connectivity index (χ2v) is 4.42. The Balaban J connectivity index is 2.51. The van der Waals surface area contributed by atoms with E-state index in [1.54, 1.807) is 14.0 Å². The summed E-state index contributed by atoms with van der Waals surface area (Å²) >= 11 is 0. The molecule has 0 aliphatic carbocycles. The van der Waals surface area contributed by atoms with Crippen molar-refractivity contribution in [3.63, 3.8) is 0 Å². The van der Waals surface area contributed by atoms with Crippen molar-refractivity contribution in [1.82, 2.24) is 9.78 Å². The van der Waals surface area contributed by atoms with Crippen LogP contribution in [0.15, 0.2) is 35.5 Å². The molecule has 1 aromatic heterocycles. The molecule has 0 radical (unpaired) electrons. The van der Waals surface area contributed by atoms with E-state index in [1.807, 2.05) is 30.3 Å². The van der Waals surface area contributed by atoms with Crippen LogP contribution in [-0.4, -0.2) is 35.7 Å². The number of aryl methyl sites for hydroxylation is 2. The van der Waals surface area contributed by atoms with Crippen molar-refractivity contribution in [2.24, 2.45) is 12.2 Å². The standard InChI is InChI=1S/C15H17N3O4/c1-10-14(22-11-8-6-5-7-9-11)13(18(2)16-10)12(17-21-4)15(19)20-3/h5-9H,1-4H3/b17-12+. The van der Waals surface area contributed by atoms with Crippen LogP contribution in [0.25, 0.3) is 0 Å². The Morgan fingerprint density at radius 1 is 1.23 bits per heavy atom. The Bertz CT molecular complexity index is 692. The first-order valence-electron chi connectivity index (χ1n) is 6.54. The molecule has 0 saturated heterocycles. The average Bonchev–Trinajstić information content (AvgIpc) is 2.79. The molecule has 2 rings (SSSR count). The smallest absolute Gasteiger partial charge is 0.362 e. The minimum absolute atomic E-state index is 0.0148. The Hall–Kier alpha value is -2.83. The van der Waals surface area contributed by atoms with Gasteiger partial charge in [0, 0.05) is 7.05 Å². The van der Waals surface area contributed by atoms with Crippen molar-refractivity contribution in [3.05, 3.63) is 41.7 Å². The molecule has 1 heterocycles. The number of carbonyl (C=O) groups excluding carboxylic acids is 1. The first kappa shape index (κ1) is 15.6. The first-order chi connectivity index (χ1) is 10.6. The number of esters is 1. The zero-order valence-corrected chi connectivity index (χ0v) is 12.9. The number of ether oxygens (including phenoxy) is 2. The fourth-order valence-electron chi connectivity index (χ4n) is 1.99. The molecular weight excluding hydrogens is 286 g/mol. The van der Waals surface area contributed by atoms with E-state index < -0.39 is 5.97 Å². The zero-order chi connectivity index (χ0) is 16.1. The fraction of sp³-hybridized carbons (Fsp3) is 0.267. The predicted octanol–water partition coefficient (Wildman–Crippen LogP) is 2.04. The van der Waals surface area contributed by atoms with Crippen molar-refractivity contribution in [3.8, 4) is 11.5 Å². The molecule has 116 valence electrons. The van der Waals surface area contributed by atoms with E-state index in [9.17, 15) is 4.79 Å². The number of methoxy groups -OCH3 is 1. The van der Waals surface area contributed by atoms with Gasteiger partial charge in [0.2, 0.25) is 5.71 Å². The van der Waals surface area contributed by atoms with Gasteiger partial charge in [-0.1, -0.05) is 23.4 Å². The lowest BCUT2D eigenvalue weighted by molar-refractivity contribution is -0.132. The molecule has 7 nitrogen and oxygen atoms in total. The van der Waals surface area contributed by atoms with E-state index >= 15 is 0 Å². The molecule has 0 unspecified atom stereocenters. The molecular formula is C15H17N3O4. The van der Waals surface area contributed by atoms with Gasteiger partial charge in [-0.2, -0.15) is 5.10 Å². The van der Waals surface area contributed by atoms with Gasteiger partial charge in [-0.15, -0.1) is 0 Å². The van der Waals surface area contributed by atoms with Crippen molar-refractivity contribution < 1.29 is 19.1 Å². The monoisotopic (exact) mass is 303 g/mol. The normalized spacial score (nSPS) is 11.2. The predicted molar refractivity (Wildman–Crippen MR) is 80.0 cm³/mol. The van der Waals surface area contributed by atoms with Gasteiger partial charge < -0.3 is 14.3 Å². The van der Waals surface area contributed by atoms with Gasteiger partial charge in [-0.05, 0) is 19.1 Å². The summed E-state index contributed by atoms with van der Waals surface area (Å²) in [6, 6.07) is 9.20. The van der Waals surface area contributed by atoms with Gasteiger partial charge in [0.1, 0.15) is 24.2 Å². The van der Waals surface area contributed by atoms with E-state index in [0.29, 0.717) is 22.9 Å². The van der Waals surface area contributed by atoms with E-state index in [-0.39, 0.29) is 5.71 Å². The Morgan fingerprint density at radius 3 is 2.50 bits per heavy atom. The molecule has 0 N–H and O–H groups in total. The molecule has 0 aliphatic heterocycles. The van der Waals surface area contributed by atoms with Crippen LogP contribution in [0.2, 0.25) is 0 Å². The van der Waals surface area contributed by atoms with Crippen LogP contribution in [0.4, 0.5) is 0 Å². The van der Waals surface area contributed by atoms with Crippen molar-refractivity contribution in [2.45, 2.75) is 6.92 Å². The van der Waals surface area contributed by atoms with Gasteiger partial charge >= 0.3 is 5.97 Å². The lowest BCUT2D eigenvalue weighted by atomic mass is 10.2. The van der Waals surface area contributed by atoms with Gasteiger partial charge in [0.15, 0.2) is 5.75 Å². The highest BCUT2D eigenvalue weighted by Crippen LogP contribution is 2.29. The number of para-hydroxylation sites is 1. The summed E-state index contributed by atoms with van der Waals surface area (Å²) < 4.78 is 12.1. The molecule has 7 heteroatoms. The molecule has 0 fully saturated rings. The van der Waals surface area contributed by atoms with Crippen LogP contribution in [0.3, 0.4) is 0 Å². The molecule has 0 spiro atoms. The Labute approximate surface area is 128 Å². The van der Waals surface area contributed by atoms with Crippen LogP contribution in [-0.2, 0) is 21.4 Å². The SMILES string of the molecule is CO/N=C(/C(=O)OC)c1c(Oc2ccccc2)c(C)nn1C. The Kier molecular flexibility index (Phi) is 4.77. The topological polar surface area (TPSA) is 74.9 Å². The zero-order valence-electron chi connectivity index (χ0n) is 12.9. The summed E-state index contributed by atoms with van der Waals surface area (Å²) in [6.45, 7) is 1.78. The third-order valence-corrected chi connectivity index (χ3v) is 2.92. The van der Waals surface area contributed by atoms with Crippen LogP contribution < -0.4 is 4.74 Å². The van der Waals surface area contributed by atoms with E-state index in [0.717, 1.165) is 0 Å². The minimum Gasteiger partial charge on any atom is -0.464 e. The highest BCUT2D eigenvalue weighted by atomic mass is 16.6. The molecule has 0 atom stereocenters. The molecule has 22 heavy (non-hydrogen) atoms. The van der Waals surface area contributed by atoms with Crippen molar-refractivity contribution in [2.75, 3.05) is 14.2 Å². The van der Waals surface area contributed by atoms with E-state index in [4.69, 9.17) is 14.3 Å². The molecule has 0 aliphatic rings. The molecule has 0 bridgehead atoms. The lowest BCUT2D eigenvalue weighted by Gasteiger charge is -2.09. The van der Waals surface area contributed by atoms with Crippen LogP contribution in [0.5, 0.6) is 11.5 Å². The number of aromatic nitrogens is 2. The van der Waals surface area contributed by atoms with Gasteiger partial charge in [0.05, 0.1) is 7.11 Å². The van der Waals surface area contributed by atoms with Gasteiger partial charge in [-0.25, -0.2) is 4.79 Å². The summed E-state index contributed by atoms with van der Waals surface area (Å²) in [7, 11) is 4.31. The molecule has 0 amide bonds. The molecule has 1 aromatic carbocycles. The number of benzene rings is 1. The van der Waals surface area contributed by atoms with Gasteiger partial charge in [0.25, 0.3) is 0 Å². The average molecular weight is 303 g/mol. The van der Waals surface area contributed by atoms with Crippen LogP contribution in [0, 0.1) is 6.92 Å². The summed E-state index contributed by atoms with van der Waals surface area (Å²) in [6.07, 6.45) is 0. The number of carbonyl (C=O) groups is 1. The maximum atomic E-state index is 11.9. The van der Waals surface area contributed by atoms with Crippen LogP contribution in [0.1, 0.15) is 11.4 Å². The third kappa shape index (κ3) is 3.08. The highest BCUT2D eigenvalue weighted by molar-refractivity contribution is 6.43. The first-order valence-corrected chi connectivity index (χ1v) is 6.54. The second-order valence-electron chi connectivity index (χ2n) is 4.42. The number of hydrogen-bond acceptors (Lipinski definition) is 6. The maximum Gasteiger partial charge on any atom is 0.362 e. The second kappa shape index (κ2) is 6.75. The van der Waals surface area contributed by atoms with Crippen LogP contribution >= 0.6 is 0 Å². The summed E-state index contributed by atoms with van der Waals surface area (Å²) in [5.41, 5.74) is 0.989. The quantitative estimate of drug-likeness (QED) is 0.480. The number of oxime groups is 1. The maximum absolute atomic E-state index is 11.9. The van der Waals surface area contributed by atoms with E-state index in [2.05, 4.69) is 10.3 Å². The molecule has 2 aromatic rings. The lowest BCUT2D eigenvalue weighted by Crippen LogP contribution is -2.21. The number of rotatable bonds is 5. The number of hydrogen-bond donors (Lipinski definition) is 0. The van der Waals surface area contributed by atoms with Gasteiger partial charge in [-0.3, -0.25) is 4.68 Å².